The lowest BCUT2D eigenvalue weighted by atomic mass is 10.1. The number of ether oxygens (including phenoxy) is 3. The highest BCUT2D eigenvalue weighted by molar-refractivity contribution is 8.76. The SMILES string of the molecule is CCCCC/C=C\C/C=C\CCCCCCCCn1cc(CCOC(=O)CCN(CCCN(C)C)C(=O)OCCSSCCOC(=O)CCCCCCCC)nn1. The number of unbranched alkanes of at least 4 members (excludes halogenated alkanes) is 14. The van der Waals surface area contributed by atoms with E-state index in [9.17, 15) is 14.4 Å². The highest BCUT2D eigenvalue weighted by Gasteiger charge is 2.17. The van der Waals surface area contributed by atoms with E-state index in [-0.39, 0.29) is 38.1 Å². The van der Waals surface area contributed by atoms with Crippen LogP contribution in [-0.2, 0) is 36.8 Å². The average Bonchev–Trinajstić information content (AvgIpc) is 3.65. The smallest absolute Gasteiger partial charge is 0.409 e. The Labute approximate surface area is 354 Å². The van der Waals surface area contributed by atoms with Gasteiger partial charge in [0.25, 0.3) is 0 Å². The van der Waals surface area contributed by atoms with Crippen molar-refractivity contribution < 1.29 is 28.6 Å². The summed E-state index contributed by atoms with van der Waals surface area (Å²) >= 11 is 0. The van der Waals surface area contributed by atoms with Crippen LogP contribution < -0.4 is 0 Å². The van der Waals surface area contributed by atoms with Crippen LogP contribution in [0, 0.1) is 0 Å². The van der Waals surface area contributed by atoms with Crippen molar-refractivity contribution in [1.29, 1.82) is 0 Å². The predicted octanol–water partition coefficient (Wildman–Crippen LogP) is 10.6. The second-order valence-electron chi connectivity index (χ2n) is 14.9. The first-order valence-electron chi connectivity index (χ1n) is 22.2. The molecular formula is C44H79N5O6S2. The molecule has 1 aromatic heterocycles. The Morgan fingerprint density at radius 3 is 1.93 bits per heavy atom. The van der Waals surface area contributed by atoms with E-state index in [4.69, 9.17) is 14.2 Å². The van der Waals surface area contributed by atoms with E-state index in [1.807, 2.05) is 25.0 Å². The third-order valence-electron chi connectivity index (χ3n) is 9.31. The fourth-order valence-corrected chi connectivity index (χ4v) is 7.60. The fourth-order valence-electron chi connectivity index (χ4n) is 5.95. The van der Waals surface area contributed by atoms with Crippen molar-refractivity contribution in [1.82, 2.24) is 24.8 Å². The molecule has 0 N–H and O–H groups in total. The van der Waals surface area contributed by atoms with Gasteiger partial charge in [0.2, 0.25) is 0 Å². The molecule has 328 valence electrons. The van der Waals surface area contributed by atoms with Gasteiger partial charge in [-0.05, 0) is 72.0 Å². The molecule has 0 radical (unpaired) electrons. The van der Waals surface area contributed by atoms with Gasteiger partial charge in [-0.15, -0.1) is 5.10 Å². The second kappa shape index (κ2) is 39.0. The second-order valence-corrected chi connectivity index (χ2v) is 17.6. The first kappa shape index (κ1) is 52.5. The minimum Gasteiger partial charge on any atom is -0.465 e. The summed E-state index contributed by atoms with van der Waals surface area (Å²) in [5.41, 5.74) is 0.803. The zero-order valence-corrected chi connectivity index (χ0v) is 37.9. The summed E-state index contributed by atoms with van der Waals surface area (Å²) in [4.78, 5) is 41.0. The molecule has 0 aliphatic carbocycles. The Morgan fingerprint density at radius 1 is 0.649 bits per heavy atom. The molecule has 0 aromatic carbocycles. The van der Waals surface area contributed by atoms with Crippen LogP contribution in [0.15, 0.2) is 30.5 Å². The van der Waals surface area contributed by atoms with Crippen molar-refractivity contribution >= 4 is 39.6 Å². The Balaban J connectivity index is 2.16. The van der Waals surface area contributed by atoms with Crippen molar-refractivity contribution in [2.45, 2.75) is 162 Å². The van der Waals surface area contributed by atoms with Crippen molar-refractivity contribution in [3.63, 3.8) is 0 Å². The maximum absolute atomic E-state index is 12.9. The standard InChI is InChI=1S/C44H79N5O6S2/c1-5-7-9-11-13-14-15-16-17-18-19-20-21-22-24-26-33-49-40-41(45-46-49)30-35-53-43(51)29-34-48(32-27-31-47(3)4)44(52)55-37-39-57-56-38-36-54-42(50)28-25-23-12-10-8-6-2/h13-14,16-17,40H,5-12,15,18-39H2,1-4H3/b14-13-,17-16-. The molecule has 1 rings (SSSR count). The van der Waals surface area contributed by atoms with E-state index in [0.717, 1.165) is 50.9 Å². The number of hydrogen-bond acceptors (Lipinski definition) is 11. The van der Waals surface area contributed by atoms with Gasteiger partial charge in [0.05, 0.1) is 18.7 Å². The zero-order valence-electron chi connectivity index (χ0n) is 36.3. The van der Waals surface area contributed by atoms with Gasteiger partial charge in [0.15, 0.2) is 0 Å². The Hall–Kier alpha value is -2.51. The van der Waals surface area contributed by atoms with E-state index in [1.54, 1.807) is 26.5 Å². The number of hydrogen-bond donors (Lipinski definition) is 0. The largest absolute Gasteiger partial charge is 0.465 e. The van der Waals surface area contributed by atoms with Crippen molar-refractivity contribution in [2.75, 3.05) is 65.1 Å². The monoisotopic (exact) mass is 838 g/mol. The highest BCUT2D eigenvalue weighted by Crippen LogP contribution is 2.20. The van der Waals surface area contributed by atoms with Gasteiger partial charge in [-0.1, -0.05) is 136 Å². The first-order chi connectivity index (χ1) is 27.8. The van der Waals surface area contributed by atoms with Crippen LogP contribution in [0.5, 0.6) is 0 Å². The van der Waals surface area contributed by atoms with Gasteiger partial charge in [-0.25, -0.2) is 4.79 Å². The van der Waals surface area contributed by atoms with E-state index in [2.05, 4.69) is 53.4 Å². The summed E-state index contributed by atoms with van der Waals surface area (Å²) in [7, 11) is 7.16. The average molecular weight is 838 g/mol. The molecule has 0 saturated heterocycles. The number of aromatic nitrogens is 3. The van der Waals surface area contributed by atoms with Crippen LogP contribution in [0.25, 0.3) is 0 Å². The van der Waals surface area contributed by atoms with E-state index >= 15 is 0 Å². The maximum atomic E-state index is 12.9. The molecule has 13 heteroatoms. The summed E-state index contributed by atoms with van der Waals surface area (Å²) in [5.74, 6) is 0.834. The summed E-state index contributed by atoms with van der Waals surface area (Å²) in [5, 5.41) is 8.49. The number of rotatable bonds is 39. The fraction of sp³-hybridized carbons (Fsp3) is 0.795. The number of aryl methyl sites for hydroxylation is 1. The van der Waals surface area contributed by atoms with Gasteiger partial charge in [-0.2, -0.15) is 0 Å². The summed E-state index contributed by atoms with van der Waals surface area (Å²) in [6.07, 6.45) is 34.2. The number of allylic oxidation sites excluding steroid dienone is 4. The maximum Gasteiger partial charge on any atom is 0.409 e. The third kappa shape index (κ3) is 34.1. The van der Waals surface area contributed by atoms with Gasteiger partial charge in [0, 0.05) is 50.2 Å². The van der Waals surface area contributed by atoms with E-state index in [1.165, 1.54) is 89.9 Å². The van der Waals surface area contributed by atoms with Gasteiger partial charge < -0.3 is 24.0 Å². The minimum atomic E-state index is -0.424. The van der Waals surface area contributed by atoms with Crippen LogP contribution in [0.2, 0.25) is 0 Å². The molecule has 11 nitrogen and oxygen atoms in total. The molecule has 1 heterocycles. The summed E-state index contributed by atoms with van der Waals surface area (Å²) in [6.45, 7) is 7.71. The topological polar surface area (TPSA) is 116 Å². The molecule has 1 amide bonds. The molecule has 0 bridgehead atoms. The Morgan fingerprint density at radius 2 is 1.23 bits per heavy atom. The van der Waals surface area contributed by atoms with Crippen LogP contribution >= 0.6 is 21.6 Å². The number of esters is 2. The predicted molar refractivity (Wildman–Crippen MR) is 239 cm³/mol. The Kier molecular flexibility index (Phi) is 35.9. The number of nitrogens with zero attached hydrogens (tertiary/aromatic N) is 5. The lowest BCUT2D eigenvalue weighted by Crippen LogP contribution is -2.36. The first-order valence-corrected chi connectivity index (χ1v) is 24.7. The molecule has 0 saturated carbocycles. The van der Waals surface area contributed by atoms with Crippen molar-refractivity contribution in [3.8, 4) is 0 Å². The van der Waals surface area contributed by atoms with Crippen LogP contribution in [0.3, 0.4) is 0 Å². The summed E-state index contributed by atoms with van der Waals surface area (Å²) < 4.78 is 18.2. The van der Waals surface area contributed by atoms with Crippen LogP contribution in [-0.4, -0.2) is 108 Å². The quantitative estimate of drug-likeness (QED) is 0.0207. The molecule has 0 spiro atoms. The third-order valence-corrected chi connectivity index (χ3v) is 11.6. The minimum absolute atomic E-state index is 0.0967. The van der Waals surface area contributed by atoms with Crippen LogP contribution in [0.1, 0.15) is 154 Å². The zero-order chi connectivity index (χ0) is 41.4. The molecule has 0 fully saturated rings. The van der Waals surface area contributed by atoms with Gasteiger partial charge >= 0.3 is 18.0 Å². The molecule has 0 atom stereocenters. The number of carbonyl (C=O) groups is 3. The normalized spacial score (nSPS) is 11.6. The molecule has 57 heavy (non-hydrogen) atoms. The molecule has 0 aliphatic rings. The highest BCUT2D eigenvalue weighted by atomic mass is 33.1. The van der Waals surface area contributed by atoms with E-state index < -0.39 is 6.09 Å². The molecule has 0 aliphatic heterocycles. The van der Waals surface area contributed by atoms with Gasteiger partial charge in [-0.3, -0.25) is 14.3 Å². The number of carbonyl (C=O) groups excluding carboxylic acids is 3. The Bertz CT molecular complexity index is 1180. The lowest BCUT2D eigenvalue weighted by Gasteiger charge is -2.22. The van der Waals surface area contributed by atoms with E-state index in [0.29, 0.717) is 37.5 Å². The van der Waals surface area contributed by atoms with Crippen molar-refractivity contribution in [2.24, 2.45) is 0 Å². The van der Waals surface area contributed by atoms with Crippen molar-refractivity contribution in [3.05, 3.63) is 36.2 Å². The lowest BCUT2D eigenvalue weighted by molar-refractivity contribution is -0.144. The molecule has 1 aromatic rings. The van der Waals surface area contributed by atoms with Gasteiger partial charge in [0.1, 0.15) is 13.2 Å². The number of amides is 1. The molecular weight excluding hydrogens is 759 g/mol. The summed E-state index contributed by atoms with van der Waals surface area (Å²) in [6, 6.07) is 0. The molecule has 0 unspecified atom stereocenters. The van der Waals surface area contributed by atoms with Crippen LogP contribution in [0.4, 0.5) is 4.79 Å².